The van der Waals surface area contributed by atoms with Gasteiger partial charge in [0.15, 0.2) is 0 Å². The van der Waals surface area contributed by atoms with Gasteiger partial charge in [-0.2, -0.15) is 0 Å². The van der Waals surface area contributed by atoms with Crippen LogP contribution in [0.5, 0.6) is 0 Å². The molecule has 0 unspecified atom stereocenters. The third-order valence-corrected chi connectivity index (χ3v) is 0. The van der Waals surface area contributed by atoms with Crippen molar-refractivity contribution in [2.75, 3.05) is 0 Å². The van der Waals surface area contributed by atoms with Gasteiger partial charge in [0, 0.05) is 19.5 Å². The van der Waals surface area contributed by atoms with Gasteiger partial charge >= 0.3 is 29.6 Å². The molecule has 20 valence electrons. The Morgan fingerprint density at radius 3 is 1.25 bits per heavy atom. The second-order valence-electron chi connectivity index (χ2n) is 0. The van der Waals surface area contributed by atoms with Gasteiger partial charge in [-0.3, -0.25) is 0 Å². The van der Waals surface area contributed by atoms with E-state index in [9.17, 15) is 0 Å². The first-order chi connectivity index (χ1) is 0. The van der Waals surface area contributed by atoms with Gasteiger partial charge < -0.3 is 1.43 Å². The summed E-state index contributed by atoms with van der Waals surface area (Å²) >= 11 is 0. The third kappa shape index (κ3) is 8.82. The molecule has 0 amide bonds. The van der Waals surface area contributed by atoms with E-state index in [-0.39, 0.29) is 86.8 Å². The molecule has 0 N–H and O–H groups in total. The molecule has 4 heteroatoms. The molecule has 0 saturated carbocycles. The zero-order valence-corrected chi connectivity index (χ0v) is 10.6. The molecule has 0 bridgehead atoms. The van der Waals surface area contributed by atoms with E-state index in [1.165, 1.54) is 0 Å². The summed E-state index contributed by atoms with van der Waals surface area (Å²) in [6.07, 6.45) is 0. The van der Waals surface area contributed by atoms with Crippen molar-refractivity contribution >= 4 is 36.4 Å². The molecule has 0 aliphatic carbocycles. The van der Waals surface area contributed by atoms with E-state index < -0.39 is 0 Å². The zero-order chi connectivity index (χ0) is 0. The van der Waals surface area contributed by atoms with Crippen LogP contribution < -0.4 is 29.6 Å². The van der Waals surface area contributed by atoms with Crippen LogP contribution in [0.4, 0.5) is 0 Å². The molecule has 0 heterocycles. The normalized spacial score (nSPS) is 0. The van der Waals surface area contributed by atoms with Crippen LogP contribution in [0, 0.1) is 0 Å². The first kappa shape index (κ1) is 30.3. The van der Waals surface area contributed by atoms with Crippen LogP contribution in [-0.2, 0) is 19.5 Å². The summed E-state index contributed by atoms with van der Waals surface area (Å²) in [7, 11) is 0. The van der Waals surface area contributed by atoms with E-state index in [1.54, 1.807) is 0 Å². The first-order valence-electron chi connectivity index (χ1n) is 0. The van der Waals surface area contributed by atoms with Gasteiger partial charge in [0.1, 0.15) is 0 Å². The van der Waals surface area contributed by atoms with Crippen molar-refractivity contribution in [1.29, 1.82) is 0 Å². The molecule has 0 aliphatic heterocycles. The van der Waals surface area contributed by atoms with Gasteiger partial charge in [0.05, 0.1) is 0 Å². The second kappa shape index (κ2) is 17.4. The number of halogens is 2. The van der Waals surface area contributed by atoms with Crippen molar-refractivity contribution < 1.29 is 50.5 Å². The molecule has 0 rings (SSSR count). The largest absolute Gasteiger partial charge is 1.00 e. The van der Waals surface area contributed by atoms with Crippen molar-refractivity contribution in [3.05, 3.63) is 0 Å². The van der Waals surface area contributed by atoms with Crippen molar-refractivity contribution in [1.82, 2.24) is 0 Å². The molecular weight excluding hydrogens is 251 g/mol. The maximum Gasteiger partial charge on any atom is 1.00 e. The van der Waals surface area contributed by atoms with Crippen molar-refractivity contribution in [3.8, 4) is 0 Å². The molecule has 0 aromatic carbocycles. The first-order valence-corrected chi connectivity index (χ1v) is 0. The SMILES string of the molecule is Cl.I.[H-].[Na+].[Zn]. The topological polar surface area (TPSA) is 0 Å². The molecule has 0 atom stereocenters. The van der Waals surface area contributed by atoms with Crippen LogP contribution in [0.2, 0.25) is 0 Å². The fraction of sp³-hybridized carbons (Fsp3) is 0. The van der Waals surface area contributed by atoms with Gasteiger partial charge in [0.2, 0.25) is 0 Å². The quantitative estimate of drug-likeness (QED) is 0.352. The maximum atomic E-state index is 0. The van der Waals surface area contributed by atoms with Gasteiger partial charge in [-0.1, -0.05) is 0 Å². The van der Waals surface area contributed by atoms with E-state index in [1.807, 2.05) is 0 Å². The smallest absolute Gasteiger partial charge is 1.00 e. The number of hydrogen-bond acceptors (Lipinski definition) is 0. The Morgan fingerprint density at radius 1 is 1.25 bits per heavy atom. The summed E-state index contributed by atoms with van der Waals surface area (Å²) in [6, 6.07) is 0. The fourth-order valence-corrected chi connectivity index (χ4v) is 0. The summed E-state index contributed by atoms with van der Waals surface area (Å²) in [5.74, 6) is 0. The van der Waals surface area contributed by atoms with Crippen LogP contribution in [0.25, 0.3) is 0 Å². The van der Waals surface area contributed by atoms with E-state index in [4.69, 9.17) is 0 Å². The standard InChI is InChI=1S/ClH.HI.Na.Zn.H/h2*1H;;;/q;;+1;;-1. The van der Waals surface area contributed by atoms with Crippen LogP contribution in [-0.4, -0.2) is 0 Å². The van der Waals surface area contributed by atoms with Gasteiger partial charge in [-0.25, -0.2) is 0 Å². The van der Waals surface area contributed by atoms with Gasteiger partial charge in [0.25, 0.3) is 0 Å². The molecule has 0 fully saturated rings. The van der Waals surface area contributed by atoms with Crippen LogP contribution in [0.3, 0.4) is 0 Å². The van der Waals surface area contributed by atoms with Gasteiger partial charge in [-0.05, 0) is 0 Å². The summed E-state index contributed by atoms with van der Waals surface area (Å²) in [5.41, 5.74) is 0. The van der Waals surface area contributed by atoms with Crippen molar-refractivity contribution in [3.63, 3.8) is 0 Å². The predicted molar refractivity (Wildman–Crippen MR) is 23.8 cm³/mol. The molecule has 4 heavy (non-hydrogen) atoms. The van der Waals surface area contributed by atoms with Crippen LogP contribution >= 0.6 is 36.4 Å². The molecule has 0 aromatic rings. The minimum atomic E-state index is 0. The molecule has 0 nitrogen and oxygen atoms in total. The van der Waals surface area contributed by atoms with Crippen molar-refractivity contribution in [2.45, 2.75) is 0 Å². The third-order valence-electron chi connectivity index (χ3n) is 0. The average molecular weight is 254 g/mol. The summed E-state index contributed by atoms with van der Waals surface area (Å²) in [5, 5.41) is 0. The van der Waals surface area contributed by atoms with Crippen LogP contribution in [0.1, 0.15) is 1.43 Å². The molecule has 0 spiro atoms. The summed E-state index contributed by atoms with van der Waals surface area (Å²) in [6.45, 7) is 0. The Bertz CT molecular complexity index is 11.6. The van der Waals surface area contributed by atoms with E-state index in [0.29, 0.717) is 0 Å². The van der Waals surface area contributed by atoms with E-state index in [0.717, 1.165) is 0 Å². The molecule has 0 aromatic heterocycles. The monoisotopic (exact) mass is 252 g/mol. The fourth-order valence-electron chi connectivity index (χ4n) is 0. The Balaban J connectivity index is 0. The zero-order valence-electron chi connectivity index (χ0n) is 3.52. The Morgan fingerprint density at radius 2 is 1.25 bits per heavy atom. The van der Waals surface area contributed by atoms with Crippen LogP contribution in [0.15, 0.2) is 0 Å². The van der Waals surface area contributed by atoms with E-state index >= 15 is 0 Å². The summed E-state index contributed by atoms with van der Waals surface area (Å²) in [4.78, 5) is 0. The molecular formula is H3ClINaZn. The minimum absolute atomic E-state index is 0. The molecule has 0 aliphatic rings. The maximum absolute atomic E-state index is 0. The number of rotatable bonds is 0. The Hall–Kier alpha value is 2.64. The Kier molecular flexibility index (Phi) is 132. The predicted octanol–water partition coefficient (Wildman–Crippen LogP) is -1.85. The molecule has 0 radical (unpaired) electrons. The average Bonchev–Trinajstić information content (AvgIpc) is 0. The number of hydrogen-bond donors (Lipinski definition) is 0. The minimum Gasteiger partial charge on any atom is -1.00 e. The second-order valence-corrected chi connectivity index (χ2v) is 0. The molecule has 0 saturated heterocycles. The van der Waals surface area contributed by atoms with Gasteiger partial charge in [-0.15, -0.1) is 36.4 Å². The Labute approximate surface area is 85.4 Å². The van der Waals surface area contributed by atoms with Crippen molar-refractivity contribution in [2.24, 2.45) is 0 Å². The summed E-state index contributed by atoms with van der Waals surface area (Å²) < 4.78 is 0. The van der Waals surface area contributed by atoms with E-state index in [2.05, 4.69) is 0 Å².